The third-order valence-corrected chi connectivity index (χ3v) is 12.0. The second-order valence-electron chi connectivity index (χ2n) is 18.5. The number of hydrogen-bond acceptors (Lipinski definition) is 19. The lowest BCUT2D eigenvalue weighted by Gasteiger charge is -2.29. The number of hydrogen-bond donors (Lipinski definition) is 19. The molecule has 80 heavy (non-hydrogen) atoms. The van der Waals surface area contributed by atoms with Crippen LogP contribution in [0.3, 0.4) is 0 Å². The number of aliphatic carboxylic acids is 2. The quantitative estimate of drug-likeness (QED) is 0.0273. The number of carboxylic acid groups (broad SMARTS) is 2. The highest BCUT2D eigenvalue weighted by Gasteiger charge is 2.38. The lowest BCUT2D eigenvalue weighted by molar-refractivity contribution is -0.143. The van der Waals surface area contributed by atoms with Gasteiger partial charge >= 0.3 is 11.9 Å². The van der Waals surface area contributed by atoms with Gasteiger partial charge in [0.25, 0.3) is 0 Å². The van der Waals surface area contributed by atoms with Crippen molar-refractivity contribution in [1.82, 2.24) is 53.2 Å². The van der Waals surface area contributed by atoms with E-state index in [1.165, 1.54) is 0 Å². The molecule has 0 aliphatic carbocycles. The number of carbonyl (C=O) groups is 13. The Kier molecular flexibility index (Phi) is 31.8. The Morgan fingerprint density at radius 3 is 1.49 bits per heavy atom. The van der Waals surface area contributed by atoms with Crippen molar-refractivity contribution in [3.05, 3.63) is 35.9 Å². The fourth-order valence-electron chi connectivity index (χ4n) is 7.26. The van der Waals surface area contributed by atoms with Crippen LogP contribution in [-0.4, -0.2) is 207 Å². The van der Waals surface area contributed by atoms with Gasteiger partial charge in [-0.25, -0.2) is 4.79 Å². The fraction of sp³-hybridized carbons (Fsp3) is 0.604. The van der Waals surface area contributed by atoms with Crippen molar-refractivity contribution >= 4 is 76.9 Å². The van der Waals surface area contributed by atoms with Crippen LogP contribution in [-0.2, 0) is 68.7 Å². The van der Waals surface area contributed by atoms with Crippen LogP contribution in [0, 0.1) is 5.92 Å². The summed E-state index contributed by atoms with van der Waals surface area (Å²) < 4.78 is 0. The zero-order chi connectivity index (χ0) is 60.8. The van der Waals surface area contributed by atoms with Gasteiger partial charge in [0.2, 0.25) is 65.0 Å². The van der Waals surface area contributed by atoms with Gasteiger partial charge in [-0.3, -0.25) is 57.5 Å². The van der Waals surface area contributed by atoms with Crippen molar-refractivity contribution in [2.45, 2.75) is 146 Å². The molecule has 12 atom stereocenters. The Balaban J connectivity index is 3.35. The number of primary amides is 1. The summed E-state index contributed by atoms with van der Waals surface area (Å²) in [5.41, 5.74) is 16.5. The van der Waals surface area contributed by atoms with Gasteiger partial charge in [-0.05, 0) is 57.6 Å². The molecular weight excluding hydrogens is 1060 g/mol. The molecule has 0 aliphatic rings. The van der Waals surface area contributed by atoms with Crippen molar-refractivity contribution in [2.75, 3.05) is 32.8 Å². The van der Waals surface area contributed by atoms with Gasteiger partial charge in [-0.15, -0.1) is 0 Å². The Labute approximate surface area is 459 Å². The van der Waals surface area contributed by atoms with Gasteiger partial charge in [0.15, 0.2) is 0 Å². The van der Waals surface area contributed by atoms with E-state index in [0.717, 1.165) is 13.8 Å². The Morgan fingerprint density at radius 2 is 1.00 bits per heavy atom. The molecule has 22 N–H and O–H groups in total. The number of unbranched alkanes of at least 4 members (excludes halogenated alkanes) is 1. The van der Waals surface area contributed by atoms with Crippen LogP contribution in [0.25, 0.3) is 0 Å². The first-order chi connectivity index (χ1) is 37.6. The number of rotatable bonds is 38. The van der Waals surface area contributed by atoms with E-state index in [0.29, 0.717) is 18.4 Å². The second kappa shape index (κ2) is 36.3. The third-order valence-electron chi connectivity index (χ3n) is 12.0. The van der Waals surface area contributed by atoms with E-state index < -0.39 is 195 Å². The van der Waals surface area contributed by atoms with E-state index in [1.807, 2.05) is 0 Å². The number of aliphatic hydroxyl groups is 4. The van der Waals surface area contributed by atoms with Crippen LogP contribution in [0.2, 0.25) is 0 Å². The van der Waals surface area contributed by atoms with Crippen LogP contribution in [0.15, 0.2) is 30.3 Å². The monoisotopic (exact) mass is 1140 g/mol. The van der Waals surface area contributed by atoms with Crippen molar-refractivity contribution in [1.29, 1.82) is 0 Å². The number of carboxylic acids is 2. The molecule has 32 heteroatoms. The number of nitrogens with one attached hydrogen (secondary N) is 10. The average molecular weight is 1140 g/mol. The largest absolute Gasteiger partial charge is 0.481 e. The Hall–Kier alpha value is -7.91. The standard InChI is InChI=1S/C48H77N13O19/c1-5-23(2)37(59-35(68)20-52-40(71)31(21-62)58-41(72)27(14-15-36(69)70)54-44(75)32(22-63)53-34(67)19-50)45(76)56-29(17-26-11-7-6-8-12-26)42(73)60-39(25(4)65)47(78)57-30(18-33(51)66)43(74)61-38(24(3)64)46(77)55-28(48(79)80)13-9-10-16-49/h6-8,11-12,23-25,27-32,37-39,62-65H,5,9-10,13-22,49-50H2,1-4H3,(H2,51,66)(H,52,71)(H,53,67)(H,54,75)(H,55,77)(H,56,76)(H,57,78)(H,58,72)(H,59,68)(H,60,73)(H,61,74)(H,69,70)(H,79,80)/t23-,24+,25+,27-,28-,29-,30-,31-,32-,37-,38-,39-/m0/s1. The summed E-state index contributed by atoms with van der Waals surface area (Å²) in [7, 11) is 0. The molecule has 1 rings (SSSR count). The summed E-state index contributed by atoms with van der Waals surface area (Å²) >= 11 is 0. The van der Waals surface area contributed by atoms with Crippen LogP contribution in [0.1, 0.15) is 78.2 Å². The van der Waals surface area contributed by atoms with E-state index in [-0.39, 0.29) is 25.8 Å². The molecule has 448 valence electrons. The minimum Gasteiger partial charge on any atom is -0.481 e. The first-order valence-electron chi connectivity index (χ1n) is 25.4. The van der Waals surface area contributed by atoms with E-state index in [4.69, 9.17) is 17.2 Å². The molecule has 0 aromatic heterocycles. The molecule has 1 aromatic rings. The fourth-order valence-corrected chi connectivity index (χ4v) is 7.26. The predicted molar refractivity (Wildman–Crippen MR) is 278 cm³/mol. The number of amides is 11. The summed E-state index contributed by atoms with van der Waals surface area (Å²) in [5, 5.41) is 81.9. The lowest BCUT2D eigenvalue weighted by Crippen LogP contribution is -2.63. The predicted octanol–water partition coefficient (Wildman–Crippen LogP) is -8.59. The maximum atomic E-state index is 14.1. The molecule has 0 radical (unpaired) electrons. The zero-order valence-corrected chi connectivity index (χ0v) is 44.7. The Bertz CT molecular complexity index is 2290. The molecule has 0 heterocycles. The molecule has 11 amide bonds. The topological polar surface area (TPSA) is 542 Å². The lowest BCUT2D eigenvalue weighted by atomic mass is 9.97. The maximum absolute atomic E-state index is 14.1. The summed E-state index contributed by atoms with van der Waals surface area (Å²) in [4.78, 5) is 168. The maximum Gasteiger partial charge on any atom is 0.326 e. The first kappa shape index (κ1) is 70.1. The summed E-state index contributed by atoms with van der Waals surface area (Å²) in [6.07, 6.45) is -4.94. The van der Waals surface area contributed by atoms with Gasteiger partial charge in [0, 0.05) is 12.8 Å². The third kappa shape index (κ3) is 25.3. The SMILES string of the molecule is CC[C@H](C)[C@H](NC(=O)CNC(=O)[C@H](CO)NC(=O)[C@H](CCC(=O)O)NC(=O)[C@H](CO)NC(=O)CN)C(=O)N[C@@H](Cc1ccccc1)C(=O)N[C@H](C(=O)N[C@@H](CC(N)=O)C(=O)N[C@H](C(=O)N[C@@H](CCCCN)C(=O)O)[C@@H](C)O)[C@@H](C)O. The van der Waals surface area contributed by atoms with E-state index in [1.54, 1.807) is 44.2 Å². The van der Waals surface area contributed by atoms with Crippen molar-refractivity contribution in [3.63, 3.8) is 0 Å². The smallest absolute Gasteiger partial charge is 0.326 e. The molecule has 0 aliphatic heterocycles. The molecule has 0 unspecified atom stereocenters. The molecule has 32 nitrogen and oxygen atoms in total. The van der Waals surface area contributed by atoms with E-state index in [2.05, 4.69) is 53.2 Å². The normalized spacial score (nSPS) is 15.5. The number of benzene rings is 1. The highest BCUT2D eigenvalue weighted by Crippen LogP contribution is 2.12. The minimum atomic E-state index is -1.94. The molecule has 0 spiro atoms. The molecule has 0 fully saturated rings. The van der Waals surface area contributed by atoms with Crippen LogP contribution in [0.4, 0.5) is 0 Å². The average Bonchev–Trinajstić information content (AvgIpc) is 3.40. The van der Waals surface area contributed by atoms with Gasteiger partial charge in [-0.1, -0.05) is 50.6 Å². The number of nitrogens with two attached hydrogens (primary N) is 3. The molecule has 0 saturated carbocycles. The highest BCUT2D eigenvalue weighted by atomic mass is 16.4. The van der Waals surface area contributed by atoms with E-state index >= 15 is 0 Å². The summed E-state index contributed by atoms with van der Waals surface area (Å²) in [5.74, 6) is -15.8. The highest BCUT2D eigenvalue weighted by molar-refractivity contribution is 5.99. The number of aliphatic hydroxyl groups excluding tert-OH is 4. The molecule has 0 bridgehead atoms. The zero-order valence-electron chi connectivity index (χ0n) is 44.7. The van der Waals surface area contributed by atoms with Gasteiger partial charge in [0.05, 0.1) is 44.9 Å². The molecule has 1 aromatic carbocycles. The van der Waals surface area contributed by atoms with Crippen molar-refractivity contribution in [3.8, 4) is 0 Å². The van der Waals surface area contributed by atoms with E-state index in [9.17, 15) is 93.0 Å². The second-order valence-corrected chi connectivity index (χ2v) is 18.5. The first-order valence-corrected chi connectivity index (χ1v) is 25.4. The number of carbonyl (C=O) groups excluding carboxylic acids is 11. The van der Waals surface area contributed by atoms with Crippen LogP contribution >= 0.6 is 0 Å². The summed E-state index contributed by atoms with van der Waals surface area (Å²) in [6.45, 7) is 2.13. The van der Waals surface area contributed by atoms with Crippen LogP contribution in [0.5, 0.6) is 0 Å². The molecule has 0 saturated heterocycles. The van der Waals surface area contributed by atoms with Gasteiger partial charge in [0.1, 0.15) is 54.4 Å². The Morgan fingerprint density at radius 1 is 0.525 bits per heavy atom. The summed E-state index contributed by atoms with van der Waals surface area (Å²) in [6, 6.07) is -7.22. The van der Waals surface area contributed by atoms with Crippen molar-refractivity contribution < 1.29 is 93.0 Å². The van der Waals surface area contributed by atoms with Gasteiger partial charge in [-0.2, -0.15) is 0 Å². The molecular formula is C48H77N13O19. The van der Waals surface area contributed by atoms with Crippen molar-refractivity contribution in [2.24, 2.45) is 23.1 Å². The minimum absolute atomic E-state index is 0.0523. The van der Waals surface area contributed by atoms with Crippen LogP contribution < -0.4 is 70.4 Å². The van der Waals surface area contributed by atoms with Gasteiger partial charge < -0.3 is 101 Å².